The molecular formula is C24H40O12. The van der Waals surface area contributed by atoms with Crippen LogP contribution in [0.3, 0.4) is 0 Å². The molecule has 0 aromatic rings. The molecule has 0 saturated carbocycles. The Bertz CT molecular complexity index is 670. The second-order valence-corrected chi connectivity index (χ2v) is 7.77. The fourth-order valence-electron chi connectivity index (χ4n) is 1.67. The maximum atomic E-state index is 11.4. The highest BCUT2D eigenvalue weighted by Gasteiger charge is 2.37. The Labute approximate surface area is 211 Å². The molecule has 0 saturated heterocycles. The van der Waals surface area contributed by atoms with E-state index >= 15 is 0 Å². The summed E-state index contributed by atoms with van der Waals surface area (Å²) in [6, 6.07) is 0. The summed E-state index contributed by atoms with van der Waals surface area (Å²) in [4.78, 5) is 50.9. The molecule has 12 heteroatoms. The van der Waals surface area contributed by atoms with Crippen molar-refractivity contribution in [3.8, 4) is 0 Å². The van der Waals surface area contributed by atoms with Gasteiger partial charge in [-0.2, -0.15) is 0 Å². The first-order valence-electron chi connectivity index (χ1n) is 10.5. The average Bonchev–Trinajstić information content (AvgIpc) is 2.75. The molecule has 0 radical (unpaired) electrons. The number of ether oxygens (including phenoxy) is 1. The van der Waals surface area contributed by atoms with Crippen LogP contribution in [-0.2, 0) is 28.7 Å². The largest absolute Gasteiger partial charge is 0.478 e. The Morgan fingerprint density at radius 2 is 1.06 bits per heavy atom. The molecule has 0 amide bonds. The van der Waals surface area contributed by atoms with Crippen molar-refractivity contribution < 1.29 is 59.3 Å². The van der Waals surface area contributed by atoms with E-state index in [1.165, 1.54) is 27.7 Å². The Balaban J connectivity index is -0.000000231. The van der Waals surface area contributed by atoms with Crippen LogP contribution < -0.4 is 0 Å². The highest BCUT2D eigenvalue weighted by Crippen LogP contribution is 2.29. The van der Waals surface area contributed by atoms with Crippen LogP contribution >= 0.6 is 0 Å². The number of carbonyl (C=O) groups is 5. The molecule has 0 aromatic heterocycles. The van der Waals surface area contributed by atoms with Crippen LogP contribution in [0.2, 0.25) is 0 Å². The molecule has 0 bridgehead atoms. The van der Waals surface area contributed by atoms with Gasteiger partial charge in [0.15, 0.2) is 0 Å². The molecule has 0 aliphatic heterocycles. The first-order valence-corrected chi connectivity index (χ1v) is 10.5. The van der Waals surface area contributed by atoms with Crippen LogP contribution in [0.15, 0.2) is 36.5 Å². The van der Waals surface area contributed by atoms with E-state index in [-0.39, 0.29) is 48.7 Å². The number of carbonyl (C=O) groups excluding carboxylic acids is 2. The molecular weight excluding hydrogens is 480 g/mol. The van der Waals surface area contributed by atoms with Gasteiger partial charge in [-0.05, 0) is 47.5 Å². The van der Waals surface area contributed by atoms with E-state index in [0.29, 0.717) is 12.8 Å². The summed E-state index contributed by atoms with van der Waals surface area (Å²) in [6.45, 7) is 15.8. The van der Waals surface area contributed by atoms with Crippen LogP contribution in [0.4, 0.5) is 0 Å². The van der Waals surface area contributed by atoms with Gasteiger partial charge in [0, 0.05) is 23.3 Å². The minimum absolute atomic E-state index is 0.0735. The molecule has 0 heterocycles. The van der Waals surface area contributed by atoms with Gasteiger partial charge in [-0.15, -0.1) is 0 Å². The van der Waals surface area contributed by atoms with Gasteiger partial charge in [0.1, 0.15) is 18.3 Å². The molecule has 0 fully saturated rings. The quantitative estimate of drug-likeness (QED) is 0.123. The van der Waals surface area contributed by atoms with Crippen LogP contribution in [0, 0.1) is 5.41 Å². The third-order valence-corrected chi connectivity index (χ3v) is 4.12. The van der Waals surface area contributed by atoms with E-state index in [9.17, 15) is 34.2 Å². The van der Waals surface area contributed by atoms with Crippen molar-refractivity contribution >= 4 is 29.7 Å². The number of aliphatic hydroxyl groups is 3. The Kier molecular flexibility index (Phi) is 24.5. The van der Waals surface area contributed by atoms with E-state index < -0.39 is 35.4 Å². The van der Waals surface area contributed by atoms with Crippen molar-refractivity contribution in [3.05, 3.63) is 36.5 Å². The molecule has 1 atom stereocenters. The topological polar surface area (TPSA) is 216 Å². The minimum atomic E-state index is -0.991. The Morgan fingerprint density at radius 1 is 0.750 bits per heavy atom. The second-order valence-electron chi connectivity index (χ2n) is 7.77. The molecule has 6 N–H and O–H groups in total. The van der Waals surface area contributed by atoms with Gasteiger partial charge < -0.3 is 35.4 Å². The van der Waals surface area contributed by atoms with Gasteiger partial charge in [-0.1, -0.05) is 19.7 Å². The number of hydrogen-bond acceptors (Lipinski definition) is 9. The summed E-state index contributed by atoms with van der Waals surface area (Å²) >= 11 is 0. The summed E-state index contributed by atoms with van der Waals surface area (Å²) < 4.78 is 5.04. The minimum Gasteiger partial charge on any atom is -0.478 e. The van der Waals surface area contributed by atoms with E-state index in [4.69, 9.17) is 25.2 Å². The zero-order valence-electron chi connectivity index (χ0n) is 21.6. The number of aliphatic carboxylic acids is 3. The predicted molar refractivity (Wildman–Crippen MR) is 131 cm³/mol. The lowest BCUT2D eigenvalue weighted by atomic mass is 9.80. The number of hydrogen-bond donors (Lipinski definition) is 6. The summed E-state index contributed by atoms with van der Waals surface area (Å²) in [7, 11) is 0. The molecule has 0 spiro atoms. The first-order chi connectivity index (χ1) is 16.3. The highest BCUT2D eigenvalue weighted by molar-refractivity contribution is 5.94. The van der Waals surface area contributed by atoms with E-state index in [1.807, 2.05) is 0 Å². The van der Waals surface area contributed by atoms with Gasteiger partial charge in [0.2, 0.25) is 0 Å². The molecule has 208 valence electrons. The van der Waals surface area contributed by atoms with E-state index in [1.54, 1.807) is 6.92 Å². The predicted octanol–water partition coefficient (Wildman–Crippen LogP) is 1.58. The number of Topliss-reactive ketones (excluding diaryl/α,β-unsaturated/α-hetero) is 1. The third kappa shape index (κ3) is 23.8. The normalized spacial score (nSPS) is 10.3. The van der Waals surface area contributed by atoms with Gasteiger partial charge >= 0.3 is 23.9 Å². The molecule has 36 heavy (non-hydrogen) atoms. The molecule has 0 aliphatic rings. The van der Waals surface area contributed by atoms with E-state index in [2.05, 4.69) is 19.7 Å². The number of carboxylic acids is 3. The fraction of sp³-hybridized carbons (Fsp3) is 0.542. The zero-order chi connectivity index (χ0) is 29.6. The van der Waals surface area contributed by atoms with Crippen LogP contribution in [-0.4, -0.2) is 86.2 Å². The van der Waals surface area contributed by atoms with Crippen molar-refractivity contribution in [2.75, 3.05) is 19.8 Å². The number of ketones is 1. The van der Waals surface area contributed by atoms with Crippen LogP contribution in [0.1, 0.15) is 53.9 Å². The van der Waals surface area contributed by atoms with Gasteiger partial charge in [0.05, 0.1) is 18.6 Å². The van der Waals surface area contributed by atoms with Gasteiger partial charge in [-0.3, -0.25) is 9.59 Å². The van der Waals surface area contributed by atoms with Crippen molar-refractivity contribution in [1.82, 2.24) is 0 Å². The summed E-state index contributed by atoms with van der Waals surface area (Å²) in [5, 5.41) is 51.2. The number of rotatable bonds is 12. The molecule has 0 rings (SSSR count). The van der Waals surface area contributed by atoms with Crippen LogP contribution in [0.25, 0.3) is 0 Å². The van der Waals surface area contributed by atoms with E-state index in [0.717, 1.165) is 0 Å². The number of esters is 1. The summed E-state index contributed by atoms with van der Waals surface area (Å²) in [5.41, 5.74) is -0.463. The Morgan fingerprint density at radius 3 is 1.25 bits per heavy atom. The third-order valence-electron chi connectivity index (χ3n) is 4.12. The SMILES string of the molecule is C=C(C)C(=O)O.C=C(C)C(=O)O.C=C(C)C(=O)O.CC(=O)CC(=O)OC(C)C(CO)(CO)CCCO. The lowest BCUT2D eigenvalue weighted by Gasteiger charge is -2.35. The van der Waals surface area contributed by atoms with Crippen molar-refractivity contribution in [2.45, 2.75) is 60.0 Å². The van der Waals surface area contributed by atoms with Crippen molar-refractivity contribution in [3.63, 3.8) is 0 Å². The van der Waals surface area contributed by atoms with Gasteiger partial charge in [0.25, 0.3) is 0 Å². The first kappa shape index (κ1) is 39.8. The Hall–Kier alpha value is -3.35. The van der Waals surface area contributed by atoms with Crippen molar-refractivity contribution in [2.24, 2.45) is 5.41 Å². The van der Waals surface area contributed by atoms with Gasteiger partial charge in [-0.25, -0.2) is 14.4 Å². The maximum Gasteiger partial charge on any atom is 0.330 e. The lowest BCUT2D eigenvalue weighted by Crippen LogP contribution is -2.43. The summed E-state index contributed by atoms with van der Waals surface area (Å²) in [5.74, 6) is -3.79. The molecule has 0 aliphatic carbocycles. The fourth-order valence-corrected chi connectivity index (χ4v) is 1.67. The summed E-state index contributed by atoms with van der Waals surface area (Å²) in [6.07, 6.45) is -0.344. The lowest BCUT2D eigenvalue weighted by molar-refractivity contribution is -0.161. The maximum absolute atomic E-state index is 11.4. The smallest absolute Gasteiger partial charge is 0.330 e. The standard InChI is InChI=1S/C12H22O6.3C4H6O2/c1-9(16)6-11(17)18-10(2)12(7-14,8-15)4-3-5-13;3*1-3(2)4(5)6/h10,13-15H,3-8H2,1-2H3;3*1H2,2H3,(H,5,6). The zero-order valence-corrected chi connectivity index (χ0v) is 21.6. The molecule has 12 nitrogen and oxygen atoms in total. The van der Waals surface area contributed by atoms with Crippen LogP contribution in [0.5, 0.6) is 0 Å². The van der Waals surface area contributed by atoms with Crippen molar-refractivity contribution in [1.29, 1.82) is 0 Å². The monoisotopic (exact) mass is 520 g/mol. The average molecular weight is 521 g/mol. The second kappa shape index (κ2) is 22.1. The number of aliphatic hydroxyl groups excluding tert-OH is 3. The molecule has 1 unspecified atom stereocenters. The molecule has 0 aromatic carbocycles. The highest BCUT2D eigenvalue weighted by atomic mass is 16.5. The number of carboxylic acid groups (broad SMARTS) is 3.